The maximum atomic E-state index is 11.2. The first-order valence-corrected chi connectivity index (χ1v) is 8.16. The molecule has 1 N–H and O–H groups in total. The van der Waals surface area contributed by atoms with Gasteiger partial charge in [-0.15, -0.1) is 0 Å². The lowest BCUT2D eigenvalue weighted by Crippen LogP contribution is -2.38. The third kappa shape index (κ3) is 3.47. The zero-order valence-electron chi connectivity index (χ0n) is 13.7. The summed E-state index contributed by atoms with van der Waals surface area (Å²) < 4.78 is 1.84. The van der Waals surface area contributed by atoms with Gasteiger partial charge in [0.2, 0.25) is 0 Å². The van der Waals surface area contributed by atoms with Crippen LogP contribution in [0.3, 0.4) is 0 Å². The largest absolute Gasteiger partial charge is 0.385 e. The minimum Gasteiger partial charge on any atom is -0.385 e. The number of para-hydroxylation sites is 1. The SMILES string of the molecule is Cn1ccnc1C(O)C1CCCN(Cc2ccccc2[N+](=O)[O-])C1. The highest BCUT2D eigenvalue weighted by atomic mass is 16.6. The van der Waals surface area contributed by atoms with E-state index in [1.807, 2.05) is 23.9 Å². The molecule has 2 heterocycles. The molecule has 2 unspecified atom stereocenters. The van der Waals surface area contributed by atoms with Crippen molar-refractivity contribution in [1.82, 2.24) is 14.5 Å². The number of nitrogens with zero attached hydrogens (tertiary/aromatic N) is 4. The van der Waals surface area contributed by atoms with Crippen molar-refractivity contribution in [3.63, 3.8) is 0 Å². The third-order valence-corrected chi connectivity index (χ3v) is 4.69. The second-order valence-corrected chi connectivity index (χ2v) is 6.36. The number of nitro benzene ring substituents is 1. The Bertz CT molecular complexity index is 715. The number of rotatable bonds is 5. The van der Waals surface area contributed by atoms with Crippen LogP contribution in [0.15, 0.2) is 36.7 Å². The minimum atomic E-state index is -0.612. The van der Waals surface area contributed by atoms with Gasteiger partial charge in [-0.25, -0.2) is 4.98 Å². The maximum Gasteiger partial charge on any atom is 0.273 e. The van der Waals surface area contributed by atoms with Crippen molar-refractivity contribution in [3.05, 3.63) is 58.2 Å². The molecule has 1 fully saturated rings. The van der Waals surface area contributed by atoms with Crippen molar-refractivity contribution >= 4 is 5.69 Å². The quantitative estimate of drug-likeness (QED) is 0.671. The van der Waals surface area contributed by atoms with Crippen LogP contribution < -0.4 is 0 Å². The van der Waals surface area contributed by atoms with Crippen LogP contribution in [0, 0.1) is 16.0 Å². The number of likely N-dealkylation sites (tertiary alicyclic amines) is 1. The van der Waals surface area contributed by atoms with E-state index < -0.39 is 6.10 Å². The van der Waals surface area contributed by atoms with E-state index in [9.17, 15) is 15.2 Å². The Kier molecular flexibility index (Phi) is 4.92. The highest BCUT2D eigenvalue weighted by Gasteiger charge is 2.29. The number of aliphatic hydroxyl groups excluding tert-OH is 1. The Morgan fingerprint density at radius 2 is 2.25 bits per heavy atom. The summed E-state index contributed by atoms with van der Waals surface area (Å²) in [6, 6.07) is 6.86. The number of aromatic nitrogens is 2. The van der Waals surface area contributed by atoms with Gasteiger partial charge < -0.3 is 9.67 Å². The van der Waals surface area contributed by atoms with Gasteiger partial charge in [-0.1, -0.05) is 18.2 Å². The number of benzene rings is 1. The van der Waals surface area contributed by atoms with Crippen molar-refractivity contribution < 1.29 is 10.0 Å². The van der Waals surface area contributed by atoms with Gasteiger partial charge in [-0.2, -0.15) is 0 Å². The standard InChI is InChI=1S/C17H22N4O3/c1-19-10-8-18-17(19)16(22)14-6-4-9-20(12-14)11-13-5-2-3-7-15(13)21(23)24/h2-3,5,7-8,10,14,16,22H,4,6,9,11-12H2,1H3. The van der Waals surface area contributed by atoms with Gasteiger partial charge in [-0.3, -0.25) is 15.0 Å². The number of hydrogen-bond acceptors (Lipinski definition) is 5. The van der Waals surface area contributed by atoms with Crippen molar-refractivity contribution in [2.24, 2.45) is 13.0 Å². The Morgan fingerprint density at radius 1 is 1.46 bits per heavy atom. The van der Waals surface area contributed by atoms with Gasteiger partial charge in [0.25, 0.3) is 5.69 Å². The number of aliphatic hydroxyl groups is 1. The van der Waals surface area contributed by atoms with Gasteiger partial charge >= 0.3 is 0 Å². The Balaban J connectivity index is 1.70. The first-order valence-electron chi connectivity index (χ1n) is 8.16. The van der Waals surface area contributed by atoms with Crippen LogP contribution in [-0.4, -0.2) is 37.6 Å². The predicted octanol–water partition coefficient (Wildman–Crippen LogP) is 2.27. The summed E-state index contributed by atoms with van der Waals surface area (Å²) in [5.41, 5.74) is 0.874. The zero-order valence-corrected chi connectivity index (χ0v) is 13.7. The molecular formula is C17H22N4O3. The lowest BCUT2D eigenvalue weighted by atomic mass is 9.91. The maximum absolute atomic E-state index is 11.2. The monoisotopic (exact) mass is 330 g/mol. The summed E-state index contributed by atoms with van der Waals surface area (Å²) in [5, 5.41) is 21.8. The molecule has 24 heavy (non-hydrogen) atoms. The molecule has 7 nitrogen and oxygen atoms in total. The van der Waals surface area contributed by atoms with Crippen molar-refractivity contribution in [2.45, 2.75) is 25.5 Å². The van der Waals surface area contributed by atoms with E-state index >= 15 is 0 Å². The van der Waals surface area contributed by atoms with Crippen LogP contribution in [0.2, 0.25) is 0 Å². The molecular weight excluding hydrogens is 308 g/mol. The highest BCUT2D eigenvalue weighted by Crippen LogP contribution is 2.30. The molecule has 0 amide bonds. The molecule has 1 aromatic carbocycles. The smallest absolute Gasteiger partial charge is 0.273 e. The van der Waals surface area contributed by atoms with Crippen LogP contribution >= 0.6 is 0 Å². The van der Waals surface area contributed by atoms with Gasteiger partial charge in [0, 0.05) is 50.1 Å². The van der Waals surface area contributed by atoms with Gasteiger partial charge in [0.1, 0.15) is 11.9 Å². The number of imidazole rings is 1. The van der Waals surface area contributed by atoms with E-state index in [1.165, 1.54) is 0 Å². The molecule has 0 radical (unpaired) electrons. The molecule has 2 aromatic rings. The van der Waals surface area contributed by atoms with Gasteiger partial charge in [0.15, 0.2) is 0 Å². The zero-order chi connectivity index (χ0) is 17.1. The fourth-order valence-corrected chi connectivity index (χ4v) is 3.43. The lowest BCUT2D eigenvalue weighted by Gasteiger charge is -2.34. The summed E-state index contributed by atoms with van der Waals surface area (Å²) in [6.07, 6.45) is 4.80. The first kappa shape index (κ1) is 16.6. The summed E-state index contributed by atoms with van der Waals surface area (Å²) >= 11 is 0. The van der Waals surface area contributed by atoms with Gasteiger partial charge in [0.05, 0.1) is 4.92 Å². The van der Waals surface area contributed by atoms with Crippen LogP contribution in [0.5, 0.6) is 0 Å². The Labute approximate surface area is 140 Å². The molecule has 3 rings (SSSR count). The summed E-state index contributed by atoms with van der Waals surface area (Å²) in [5.74, 6) is 0.759. The highest BCUT2D eigenvalue weighted by molar-refractivity contribution is 5.39. The van der Waals surface area contributed by atoms with E-state index in [-0.39, 0.29) is 16.5 Å². The molecule has 1 aliphatic heterocycles. The average Bonchev–Trinajstić information content (AvgIpc) is 3.01. The summed E-state index contributed by atoms with van der Waals surface area (Å²) in [4.78, 5) is 17.3. The molecule has 7 heteroatoms. The fourth-order valence-electron chi connectivity index (χ4n) is 3.43. The fraction of sp³-hybridized carbons (Fsp3) is 0.471. The number of piperidine rings is 1. The topological polar surface area (TPSA) is 84.4 Å². The predicted molar refractivity (Wildman–Crippen MR) is 89.3 cm³/mol. The van der Waals surface area contributed by atoms with E-state index in [4.69, 9.17) is 0 Å². The summed E-state index contributed by atoms with van der Waals surface area (Å²) in [6.45, 7) is 2.12. The van der Waals surface area contributed by atoms with Crippen LogP contribution in [0.4, 0.5) is 5.69 Å². The Morgan fingerprint density at radius 3 is 2.96 bits per heavy atom. The molecule has 0 spiro atoms. The number of nitro groups is 1. The minimum absolute atomic E-state index is 0.0858. The summed E-state index contributed by atoms with van der Waals surface area (Å²) in [7, 11) is 1.87. The molecule has 0 saturated carbocycles. The molecule has 0 aliphatic carbocycles. The third-order valence-electron chi connectivity index (χ3n) is 4.69. The molecule has 128 valence electrons. The van der Waals surface area contributed by atoms with Crippen LogP contribution in [0.1, 0.15) is 30.3 Å². The first-order chi connectivity index (χ1) is 11.6. The normalized spacial score (nSPS) is 20.0. The lowest BCUT2D eigenvalue weighted by molar-refractivity contribution is -0.385. The number of aryl methyl sites for hydroxylation is 1. The second kappa shape index (κ2) is 7.11. The van der Waals surface area contributed by atoms with E-state index in [1.54, 1.807) is 24.4 Å². The number of hydrogen-bond donors (Lipinski definition) is 1. The van der Waals surface area contributed by atoms with Crippen molar-refractivity contribution in [3.8, 4) is 0 Å². The van der Waals surface area contributed by atoms with Crippen LogP contribution in [0.25, 0.3) is 0 Å². The second-order valence-electron chi connectivity index (χ2n) is 6.36. The Hall–Kier alpha value is -2.25. The molecule has 1 saturated heterocycles. The van der Waals surface area contributed by atoms with E-state index in [0.29, 0.717) is 18.9 Å². The van der Waals surface area contributed by atoms with Crippen molar-refractivity contribution in [1.29, 1.82) is 0 Å². The molecule has 0 bridgehead atoms. The van der Waals surface area contributed by atoms with Crippen LogP contribution in [-0.2, 0) is 13.6 Å². The molecule has 2 atom stereocenters. The molecule has 1 aliphatic rings. The van der Waals surface area contributed by atoms with E-state index in [0.717, 1.165) is 24.9 Å². The molecule has 1 aromatic heterocycles. The van der Waals surface area contributed by atoms with Crippen molar-refractivity contribution in [2.75, 3.05) is 13.1 Å². The average molecular weight is 330 g/mol. The van der Waals surface area contributed by atoms with E-state index in [2.05, 4.69) is 9.88 Å². The van der Waals surface area contributed by atoms with Gasteiger partial charge in [-0.05, 0) is 19.4 Å².